The second kappa shape index (κ2) is 27.5. The van der Waals surface area contributed by atoms with E-state index in [9.17, 15) is 0 Å². The van der Waals surface area contributed by atoms with E-state index in [1.54, 1.807) is 0 Å². The maximum atomic E-state index is 3.53. The third-order valence-electron chi connectivity index (χ3n) is 5.88. The minimum atomic E-state index is 1.00. The van der Waals surface area contributed by atoms with Gasteiger partial charge >= 0.3 is 0 Å². The van der Waals surface area contributed by atoms with E-state index in [2.05, 4.69) is 36.8 Å². The Morgan fingerprint density at radius 1 is 0.448 bits per heavy atom. The van der Waals surface area contributed by atoms with Gasteiger partial charge in [-0.3, -0.25) is 0 Å². The second-order valence-electron chi connectivity index (χ2n) is 8.92. The van der Waals surface area contributed by atoms with Crippen LogP contribution in [0, 0.1) is 0 Å². The number of nitrogens with one attached hydrogen (secondary N) is 2. The highest BCUT2D eigenvalue weighted by Gasteiger charge is 1.93. The third-order valence-corrected chi connectivity index (χ3v) is 5.88. The van der Waals surface area contributed by atoms with Gasteiger partial charge in [0.1, 0.15) is 0 Å². The van der Waals surface area contributed by atoms with Crippen LogP contribution < -0.4 is 10.6 Å². The van der Waals surface area contributed by atoms with Gasteiger partial charge < -0.3 is 10.6 Å². The van der Waals surface area contributed by atoms with Gasteiger partial charge in [-0.05, 0) is 25.6 Å². The molecular formula is C27H56N2. The molecule has 0 bridgehead atoms. The fourth-order valence-electron chi connectivity index (χ4n) is 3.86. The first-order valence-electron chi connectivity index (χ1n) is 13.5. The van der Waals surface area contributed by atoms with E-state index < -0.39 is 0 Å². The van der Waals surface area contributed by atoms with Crippen LogP contribution in [-0.4, -0.2) is 19.6 Å². The van der Waals surface area contributed by atoms with Crippen molar-refractivity contribution in [2.45, 2.75) is 142 Å². The summed E-state index contributed by atoms with van der Waals surface area (Å²) in [5.74, 6) is 0. The highest BCUT2D eigenvalue weighted by Crippen LogP contribution is 2.11. The van der Waals surface area contributed by atoms with Gasteiger partial charge in [0.05, 0.1) is 0 Å². The Labute approximate surface area is 185 Å². The van der Waals surface area contributed by atoms with Gasteiger partial charge in [0.15, 0.2) is 0 Å². The van der Waals surface area contributed by atoms with E-state index in [4.69, 9.17) is 0 Å². The summed E-state index contributed by atoms with van der Waals surface area (Å²) in [6.07, 6.45) is 32.7. The Morgan fingerprint density at radius 3 is 1.28 bits per heavy atom. The van der Waals surface area contributed by atoms with E-state index in [1.807, 2.05) is 0 Å². The summed E-state index contributed by atoms with van der Waals surface area (Å²) in [5.41, 5.74) is 0. The van der Waals surface area contributed by atoms with Crippen molar-refractivity contribution in [1.82, 2.24) is 10.6 Å². The summed E-state index contributed by atoms with van der Waals surface area (Å²) >= 11 is 0. The molecule has 0 aliphatic carbocycles. The van der Waals surface area contributed by atoms with E-state index in [1.165, 1.54) is 135 Å². The van der Waals surface area contributed by atoms with Crippen LogP contribution in [0.4, 0.5) is 0 Å². The molecule has 0 saturated carbocycles. The van der Waals surface area contributed by atoms with Gasteiger partial charge in [-0.25, -0.2) is 0 Å². The van der Waals surface area contributed by atoms with E-state index in [-0.39, 0.29) is 0 Å². The zero-order valence-corrected chi connectivity index (χ0v) is 20.4. The molecule has 0 aromatic heterocycles. The lowest BCUT2D eigenvalue weighted by Crippen LogP contribution is -2.16. The van der Waals surface area contributed by atoms with Crippen LogP contribution in [0.5, 0.6) is 0 Å². The summed E-state index contributed by atoms with van der Waals surface area (Å²) in [4.78, 5) is 0. The maximum Gasteiger partial charge on any atom is 0.0151 e. The molecule has 2 heteroatoms. The molecule has 0 aliphatic heterocycles. The Hall–Kier alpha value is -0.500. The number of unbranched alkanes of at least 4 members (excludes halogenated alkanes) is 18. The smallest absolute Gasteiger partial charge is 0.0151 e. The van der Waals surface area contributed by atoms with E-state index >= 15 is 0 Å². The SMILES string of the molecule is CCCCCCCCCCCCNC=CCNCCCCCCCCCCCC. The molecule has 0 spiro atoms. The second-order valence-corrected chi connectivity index (χ2v) is 8.92. The molecular weight excluding hydrogens is 352 g/mol. The molecule has 0 rings (SSSR count). The molecule has 0 saturated heterocycles. The molecule has 174 valence electrons. The minimum Gasteiger partial charge on any atom is -0.391 e. The molecule has 0 aliphatic rings. The summed E-state index contributed by atoms with van der Waals surface area (Å²) < 4.78 is 0. The number of hydrogen-bond acceptors (Lipinski definition) is 2. The fourth-order valence-corrected chi connectivity index (χ4v) is 3.86. The monoisotopic (exact) mass is 408 g/mol. The number of hydrogen-bond donors (Lipinski definition) is 2. The molecule has 0 aromatic rings. The Bertz CT molecular complexity index is 301. The van der Waals surface area contributed by atoms with Gasteiger partial charge in [-0.15, -0.1) is 0 Å². The predicted molar refractivity (Wildman–Crippen MR) is 134 cm³/mol. The van der Waals surface area contributed by atoms with Crippen LogP contribution in [0.3, 0.4) is 0 Å². The molecule has 0 radical (unpaired) electrons. The van der Waals surface area contributed by atoms with Crippen molar-refractivity contribution in [3.8, 4) is 0 Å². The van der Waals surface area contributed by atoms with E-state index in [0.29, 0.717) is 0 Å². The van der Waals surface area contributed by atoms with Crippen LogP contribution >= 0.6 is 0 Å². The largest absolute Gasteiger partial charge is 0.391 e. The van der Waals surface area contributed by atoms with Crippen LogP contribution in [0.25, 0.3) is 0 Å². The van der Waals surface area contributed by atoms with E-state index in [0.717, 1.165) is 13.1 Å². The zero-order valence-electron chi connectivity index (χ0n) is 20.4. The lowest BCUT2D eigenvalue weighted by Gasteiger charge is -2.04. The minimum absolute atomic E-state index is 1.00. The highest BCUT2D eigenvalue weighted by atomic mass is 14.9. The Balaban J connectivity index is 3.05. The summed E-state index contributed by atoms with van der Waals surface area (Å²) in [6, 6.07) is 0. The quantitative estimate of drug-likeness (QED) is 0.148. The molecule has 0 amide bonds. The molecule has 0 atom stereocenters. The van der Waals surface area contributed by atoms with Crippen molar-refractivity contribution in [3.05, 3.63) is 12.3 Å². The molecule has 0 heterocycles. The van der Waals surface area contributed by atoms with Gasteiger partial charge in [0.25, 0.3) is 0 Å². The molecule has 2 nitrogen and oxygen atoms in total. The van der Waals surface area contributed by atoms with Crippen molar-refractivity contribution >= 4 is 0 Å². The molecule has 0 unspecified atom stereocenters. The molecule has 29 heavy (non-hydrogen) atoms. The van der Waals surface area contributed by atoms with Crippen LogP contribution in [0.2, 0.25) is 0 Å². The standard InChI is InChI=1S/C27H56N2/c1-3-5-7-9-11-13-15-17-19-21-24-28-26-23-27-29-25-22-20-18-16-14-12-10-8-6-4-2/h23,26,28-29H,3-22,24-25,27H2,1-2H3. The first-order chi connectivity index (χ1) is 14.4. The first-order valence-corrected chi connectivity index (χ1v) is 13.5. The fraction of sp³-hybridized carbons (Fsp3) is 0.926. The Kier molecular flexibility index (Phi) is 27.0. The number of rotatable bonds is 25. The highest BCUT2D eigenvalue weighted by molar-refractivity contribution is 4.81. The average Bonchev–Trinajstić information content (AvgIpc) is 2.74. The lowest BCUT2D eigenvalue weighted by molar-refractivity contribution is 0.548. The Morgan fingerprint density at radius 2 is 0.828 bits per heavy atom. The van der Waals surface area contributed by atoms with Gasteiger partial charge in [-0.2, -0.15) is 0 Å². The molecule has 0 aromatic carbocycles. The van der Waals surface area contributed by atoms with Crippen molar-refractivity contribution in [1.29, 1.82) is 0 Å². The maximum absolute atomic E-state index is 3.53. The predicted octanol–water partition coefficient (Wildman–Crippen LogP) is 8.52. The normalized spacial score (nSPS) is 11.5. The van der Waals surface area contributed by atoms with Crippen LogP contribution in [0.15, 0.2) is 12.3 Å². The molecule has 0 fully saturated rings. The molecule has 2 N–H and O–H groups in total. The van der Waals surface area contributed by atoms with Crippen molar-refractivity contribution < 1.29 is 0 Å². The summed E-state index contributed by atoms with van der Waals surface area (Å²) in [5, 5.41) is 6.96. The van der Waals surface area contributed by atoms with Gasteiger partial charge in [-0.1, -0.05) is 135 Å². The van der Waals surface area contributed by atoms with Crippen molar-refractivity contribution in [3.63, 3.8) is 0 Å². The van der Waals surface area contributed by atoms with Gasteiger partial charge in [0, 0.05) is 13.1 Å². The summed E-state index contributed by atoms with van der Waals surface area (Å²) in [6.45, 7) is 7.88. The van der Waals surface area contributed by atoms with Crippen LogP contribution in [-0.2, 0) is 0 Å². The van der Waals surface area contributed by atoms with Crippen molar-refractivity contribution in [2.24, 2.45) is 0 Å². The third kappa shape index (κ3) is 27.5. The van der Waals surface area contributed by atoms with Crippen LogP contribution in [0.1, 0.15) is 142 Å². The van der Waals surface area contributed by atoms with Gasteiger partial charge in [0.2, 0.25) is 0 Å². The lowest BCUT2D eigenvalue weighted by atomic mass is 10.1. The summed E-state index contributed by atoms with van der Waals surface area (Å²) in [7, 11) is 0. The topological polar surface area (TPSA) is 24.1 Å². The van der Waals surface area contributed by atoms with Crippen molar-refractivity contribution in [2.75, 3.05) is 19.6 Å². The zero-order chi connectivity index (χ0) is 21.1. The average molecular weight is 409 g/mol. The first kappa shape index (κ1) is 28.5.